The van der Waals surface area contributed by atoms with E-state index < -0.39 is 0 Å². The van der Waals surface area contributed by atoms with E-state index in [0.29, 0.717) is 11.8 Å². The third kappa shape index (κ3) is 5.69. The number of benzene rings is 4. The summed E-state index contributed by atoms with van der Waals surface area (Å²) < 4.78 is 0. The third-order valence-electron chi connectivity index (χ3n) is 10.2. The first-order valence-corrected chi connectivity index (χ1v) is 18.2. The molecule has 0 amide bonds. The second-order valence-corrected chi connectivity index (χ2v) is 13.8. The largest absolute Gasteiger partial charge is 0.507 e. The summed E-state index contributed by atoms with van der Waals surface area (Å²) in [5.74, 6) is 0.849. The summed E-state index contributed by atoms with van der Waals surface area (Å²) in [4.78, 5) is 1.16. The Kier molecular flexibility index (Phi) is 9.99. The van der Waals surface area contributed by atoms with Crippen LogP contribution in [0, 0.1) is 12.8 Å². The molecule has 244 valence electrons. The molecule has 0 aromatic heterocycles. The van der Waals surface area contributed by atoms with Gasteiger partial charge in [-0.15, -0.1) is 11.8 Å². The van der Waals surface area contributed by atoms with Gasteiger partial charge in [0.2, 0.25) is 0 Å². The molecule has 0 spiro atoms. The molecular formula is C45H46O2S. The van der Waals surface area contributed by atoms with Crippen LogP contribution in [0.3, 0.4) is 0 Å². The van der Waals surface area contributed by atoms with Crippen LogP contribution >= 0.6 is 11.8 Å². The number of rotatable bonds is 7. The first-order valence-electron chi connectivity index (χ1n) is 17.3. The minimum absolute atomic E-state index is 0.0157. The summed E-state index contributed by atoms with van der Waals surface area (Å²) in [6.45, 7) is 14.6. The van der Waals surface area contributed by atoms with Crippen molar-refractivity contribution in [2.45, 2.75) is 69.4 Å². The van der Waals surface area contributed by atoms with Crippen molar-refractivity contribution in [3.05, 3.63) is 172 Å². The lowest BCUT2D eigenvalue weighted by atomic mass is 9.75. The lowest BCUT2D eigenvalue weighted by Crippen LogP contribution is -2.23. The first kappa shape index (κ1) is 33.4. The van der Waals surface area contributed by atoms with E-state index in [9.17, 15) is 10.2 Å². The maximum absolute atomic E-state index is 11.8. The van der Waals surface area contributed by atoms with Crippen molar-refractivity contribution in [3.8, 4) is 0 Å². The molecule has 4 aromatic rings. The molecule has 4 atom stereocenters. The Balaban J connectivity index is 0.00000197. The van der Waals surface area contributed by atoms with Gasteiger partial charge in [-0.1, -0.05) is 142 Å². The van der Waals surface area contributed by atoms with E-state index in [1.54, 1.807) is 17.8 Å². The second-order valence-electron chi connectivity index (χ2n) is 12.6. The van der Waals surface area contributed by atoms with Crippen molar-refractivity contribution in [3.63, 3.8) is 0 Å². The molecule has 4 aromatic carbocycles. The van der Waals surface area contributed by atoms with Gasteiger partial charge in [-0.05, 0) is 82.8 Å². The van der Waals surface area contributed by atoms with Crippen LogP contribution in [0.2, 0.25) is 0 Å². The van der Waals surface area contributed by atoms with Crippen LogP contribution in [0.25, 0.3) is 22.4 Å². The van der Waals surface area contributed by atoms with E-state index in [0.717, 1.165) is 45.4 Å². The van der Waals surface area contributed by atoms with Crippen molar-refractivity contribution in [2.75, 3.05) is 0 Å². The lowest BCUT2D eigenvalue weighted by Gasteiger charge is -2.31. The quantitative estimate of drug-likeness (QED) is 0.196. The van der Waals surface area contributed by atoms with Crippen LogP contribution < -0.4 is 0 Å². The number of hydrogen-bond acceptors (Lipinski definition) is 3. The van der Waals surface area contributed by atoms with Crippen LogP contribution in [0.4, 0.5) is 0 Å². The van der Waals surface area contributed by atoms with Crippen LogP contribution in [0.5, 0.6) is 0 Å². The molecule has 48 heavy (non-hydrogen) atoms. The summed E-state index contributed by atoms with van der Waals surface area (Å²) >= 11 is 1.64. The van der Waals surface area contributed by atoms with Crippen LogP contribution in [0.15, 0.2) is 138 Å². The average molecular weight is 651 g/mol. The van der Waals surface area contributed by atoms with Gasteiger partial charge in [0.1, 0.15) is 5.76 Å². The molecule has 3 heteroatoms. The Morgan fingerprint density at radius 1 is 0.833 bits per heavy atom. The number of fused-ring (bicyclic) bond motifs is 4. The fourth-order valence-electron chi connectivity index (χ4n) is 7.93. The molecule has 0 radical (unpaired) electrons. The van der Waals surface area contributed by atoms with E-state index in [2.05, 4.69) is 124 Å². The van der Waals surface area contributed by atoms with Crippen molar-refractivity contribution in [2.24, 2.45) is 5.92 Å². The number of aliphatic hydroxyl groups excluding tert-OH is 2. The number of hydrogen-bond donors (Lipinski definition) is 2. The van der Waals surface area contributed by atoms with E-state index in [4.69, 9.17) is 0 Å². The molecule has 0 saturated heterocycles. The van der Waals surface area contributed by atoms with E-state index in [1.807, 2.05) is 26.0 Å². The van der Waals surface area contributed by atoms with Gasteiger partial charge < -0.3 is 10.2 Å². The standard InChI is InChI=1S/C43H40O2S.C2H6/c1-5-7-18-30-26(3)36(25-29-17-9-11-20-32(29)31-19-10-8-16-28(31)6-2)33-21-12-13-22-34(33)40(30)39-27(4)38-35-23-14-15-24-37(35)46-43(38)42(45)41(39)44;1-2/h5,7-24,28,31,38,43-45H,1,6,25H2,2-4H3;1-2H3/b18-7-;. The molecule has 0 saturated carbocycles. The van der Waals surface area contributed by atoms with Crippen LogP contribution in [-0.2, 0) is 6.42 Å². The van der Waals surface area contributed by atoms with E-state index in [-0.39, 0.29) is 22.7 Å². The summed E-state index contributed by atoms with van der Waals surface area (Å²) in [5, 5.41) is 25.4. The predicted molar refractivity (Wildman–Crippen MR) is 207 cm³/mol. The van der Waals surface area contributed by atoms with Crippen molar-refractivity contribution in [1.29, 1.82) is 0 Å². The van der Waals surface area contributed by atoms with E-state index >= 15 is 0 Å². The molecule has 1 heterocycles. The Morgan fingerprint density at radius 3 is 2.25 bits per heavy atom. The zero-order chi connectivity index (χ0) is 33.9. The van der Waals surface area contributed by atoms with Gasteiger partial charge >= 0.3 is 0 Å². The Labute approximate surface area is 290 Å². The Hall–Kier alpha value is -4.47. The average Bonchev–Trinajstić information content (AvgIpc) is 3.53. The van der Waals surface area contributed by atoms with Crippen molar-refractivity contribution >= 4 is 34.2 Å². The van der Waals surface area contributed by atoms with Gasteiger partial charge in [0, 0.05) is 27.9 Å². The number of aliphatic hydroxyl groups is 2. The lowest BCUT2D eigenvalue weighted by molar-refractivity contribution is 0.320. The zero-order valence-corrected chi connectivity index (χ0v) is 29.5. The topological polar surface area (TPSA) is 40.5 Å². The molecule has 4 unspecified atom stereocenters. The number of thioether (sulfide) groups is 1. The molecular weight excluding hydrogens is 605 g/mol. The summed E-state index contributed by atoms with van der Waals surface area (Å²) in [6.07, 6.45) is 16.8. The molecule has 3 aliphatic rings. The fourth-order valence-corrected chi connectivity index (χ4v) is 9.40. The number of allylic oxidation sites excluding steroid dienone is 8. The van der Waals surface area contributed by atoms with Gasteiger partial charge in [0.05, 0.1) is 5.25 Å². The predicted octanol–water partition coefficient (Wildman–Crippen LogP) is 12.6. The fraction of sp³-hybridized carbons (Fsp3) is 0.244. The second kappa shape index (κ2) is 14.3. The summed E-state index contributed by atoms with van der Waals surface area (Å²) in [7, 11) is 0. The highest BCUT2D eigenvalue weighted by molar-refractivity contribution is 8.00. The van der Waals surface area contributed by atoms with Gasteiger partial charge in [0.25, 0.3) is 0 Å². The highest BCUT2D eigenvalue weighted by atomic mass is 32.2. The van der Waals surface area contributed by atoms with Gasteiger partial charge in [-0.25, -0.2) is 0 Å². The summed E-state index contributed by atoms with van der Waals surface area (Å²) in [6, 6.07) is 25.8. The van der Waals surface area contributed by atoms with Gasteiger partial charge in [-0.3, -0.25) is 0 Å². The third-order valence-corrected chi connectivity index (χ3v) is 11.6. The Bertz CT molecular complexity index is 2020. The van der Waals surface area contributed by atoms with Crippen molar-refractivity contribution in [1.82, 2.24) is 0 Å². The molecule has 2 aliphatic carbocycles. The maximum Gasteiger partial charge on any atom is 0.162 e. The monoisotopic (exact) mass is 650 g/mol. The minimum Gasteiger partial charge on any atom is -0.507 e. The SMILES string of the molecule is C=C/C=C\c1c(C)c(Cc2ccccc2C2C=CC=CC2CC)c2ccccc2c1C1=C(C)C2c3ccccc3SC2C(O)=C1O.CC. The van der Waals surface area contributed by atoms with Gasteiger partial charge in [0.15, 0.2) is 5.76 Å². The van der Waals surface area contributed by atoms with E-state index in [1.165, 1.54) is 33.2 Å². The minimum atomic E-state index is -0.230. The summed E-state index contributed by atoms with van der Waals surface area (Å²) in [5.41, 5.74) is 10.2. The molecule has 2 N–H and O–H groups in total. The molecule has 0 fully saturated rings. The molecule has 0 bridgehead atoms. The van der Waals surface area contributed by atoms with Crippen LogP contribution in [-0.4, -0.2) is 15.5 Å². The molecule has 1 aliphatic heterocycles. The first-order chi connectivity index (χ1) is 23.4. The highest BCUT2D eigenvalue weighted by Gasteiger charge is 2.44. The Morgan fingerprint density at radius 2 is 1.50 bits per heavy atom. The normalized spacial score (nSPS) is 21.4. The van der Waals surface area contributed by atoms with Crippen molar-refractivity contribution < 1.29 is 10.2 Å². The molecule has 2 nitrogen and oxygen atoms in total. The molecule has 7 rings (SSSR count). The zero-order valence-electron chi connectivity index (χ0n) is 28.7. The smallest absolute Gasteiger partial charge is 0.162 e. The highest BCUT2D eigenvalue weighted by Crippen LogP contribution is 2.57. The van der Waals surface area contributed by atoms with Crippen LogP contribution in [0.1, 0.15) is 84.9 Å². The van der Waals surface area contributed by atoms with Gasteiger partial charge in [-0.2, -0.15) is 0 Å². The maximum atomic E-state index is 11.8.